The van der Waals surface area contributed by atoms with E-state index in [4.69, 9.17) is 5.73 Å². The predicted octanol–water partition coefficient (Wildman–Crippen LogP) is 0.723. The fourth-order valence-corrected chi connectivity index (χ4v) is 3.04. The molecular formula is C13H16FN3O. The van der Waals surface area contributed by atoms with Crippen molar-refractivity contribution in [1.82, 2.24) is 5.32 Å². The molecule has 3 N–H and O–H groups in total. The number of rotatable bonds is 2. The smallest absolute Gasteiger partial charge is 0.248 e. The molecule has 2 atom stereocenters. The second-order valence-electron chi connectivity index (χ2n) is 5.00. The Hall–Kier alpha value is -1.62. The molecule has 2 saturated heterocycles. The molecule has 2 aliphatic rings. The van der Waals surface area contributed by atoms with Crippen molar-refractivity contribution in [2.75, 3.05) is 24.5 Å². The van der Waals surface area contributed by atoms with Crippen molar-refractivity contribution in [2.24, 2.45) is 11.7 Å². The Kier molecular flexibility index (Phi) is 2.70. The summed E-state index contributed by atoms with van der Waals surface area (Å²) in [5.41, 5.74) is 5.94. The number of primary amides is 1. The second kappa shape index (κ2) is 4.24. The Morgan fingerprint density at radius 1 is 1.44 bits per heavy atom. The van der Waals surface area contributed by atoms with E-state index in [-0.39, 0.29) is 11.4 Å². The number of hydrogen-bond donors (Lipinski definition) is 2. The van der Waals surface area contributed by atoms with Gasteiger partial charge in [-0.2, -0.15) is 0 Å². The standard InChI is InChI=1S/C13H16FN3O/c14-10-5-8(13(15)18)1-2-11(10)17-4-3-9-6-16-7-12(9)17/h1-2,5,9,12,16H,3-4,6-7H2,(H2,15,18)/t9-,12+/m1/s1. The van der Waals surface area contributed by atoms with Crippen LogP contribution in [-0.2, 0) is 0 Å². The summed E-state index contributed by atoms with van der Waals surface area (Å²) in [4.78, 5) is 13.1. The van der Waals surface area contributed by atoms with E-state index in [0.717, 1.165) is 26.1 Å². The fraction of sp³-hybridized carbons (Fsp3) is 0.462. The normalized spacial score (nSPS) is 26.4. The van der Waals surface area contributed by atoms with Gasteiger partial charge in [0.05, 0.1) is 5.69 Å². The van der Waals surface area contributed by atoms with Gasteiger partial charge in [0.2, 0.25) is 5.91 Å². The topological polar surface area (TPSA) is 58.4 Å². The third-order valence-electron chi connectivity index (χ3n) is 3.99. The third kappa shape index (κ3) is 1.75. The monoisotopic (exact) mass is 249 g/mol. The molecule has 0 unspecified atom stereocenters. The van der Waals surface area contributed by atoms with E-state index in [0.29, 0.717) is 17.6 Å². The molecule has 4 nitrogen and oxygen atoms in total. The SMILES string of the molecule is NC(=O)c1ccc(N2CC[C@@H]3CNC[C@@H]32)c(F)c1. The van der Waals surface area contributed by atoms with E-state index in [9.17, 15) is 9.18 Å². The molecule has 0 aliphatic carbocycles. The molecular weight excluding hydrogens is 233 g/mol. The van der Waals surface area contributed by atoms with Crippen molar-refractivity contribution in [2.45, 2.75) is 12.5 Å². The zero-order valence-electron chi connectivity index (χ0n) is 10.0. The van der Waals surface area contributed by atoms with Gasteiger partial charge in [0.15, 0.2) is 0 Å². The van der Waals surface area contributed by atoms with Crippen LogP contribution < -0.4 is 16.0 Å². The lowest BCUT2D eigenvalue weighted by atomic mass is 10.0. The Morgan fingerprint density at radius 3 is 3.00 bits per heavy atom. The fourth-order valence-electron chi connectivity index (χ4n) is 3.04. The van der Waals surface area contributed by atoms with Crippen molar-refractivity contribution in [1.29, 1.82) is 0 Å². The second-order valence-corrected chi connectivity index (χ2v) is 5.00. The molecule has 0 radical (unpaired) electrons. The lowest BCUT2D eigenvalue weighted by Gasteiger charge is -2.26. The average molecular weight is 249 g/mol. The highest BCUT2D eigenvalue weighted by Crippen LogP contribution is 2.33. The van der Waals surface area contributed by atoms with Gasteiger partial charge < -0.3 is 16.0 Å². The summed E-state index contributed by atoms with van der Waals surface area (Å²) in [6.45, 7) is 2.80. The molecule has 1 amide bonds. The summed E-state index contributed by atoms with van der Waals surface area (Å²) >= 11 is 0. The van der Waals surface area contributed by atoms with Crippen LogP contribution >= 0.6 is 0 Å². The molecule has 18 heavy (non-hydrogen) atoms. The number of fused-ring (bicyclic) bond motifs is 1. The maximum atomic E-state index is 14.0. The number of nitrogens with zero attached hydrogens (tertiary/aromatic N) is 1. The Labute approximate surface area is 105 Å². The van der Waals surface area contributed by atoms with E-state index in [1.54, 1.807) is 12.1 Å². The van der Waals surface area contributed by atoms with Crippen LogP contribution in [0.3, 0.4) is 0 Å². The van der Waals surface area contributed by atoms with Gasteiger partial charge in [-0.3, -0.25) is 4.79 Å². The summed E-state index contributed by atoms with van der Waals surface area (Å²) in [6, 6.07) is 4.86. The molecule has 0 aromatic heterocycles. The molecule has 3 rings (SSSR count). The van der Waals surface area contributed by atoms with Crippen LogP contribution in [0.2, 0.25) is 0 Å². The summed E-state index contributed by atoms with van der Waals surface area (Å²) in [5, 5.41) is 3.33. The van der Waals surface area contributed by atoms with E-state index in [1.807, 2.05) is 0 Å². The number of nitrogens with one attached hydrogen (secondary N) is 1. The van der Waals surface area contributed by atoms with Crippen LogP contribution in [0, 0.1) is 11.7 Å². The third-order valence-corrected chi connectivity index (χ3v) is 3.99. The van der Waals surface area contributed by atoms with Gasteiger partial charge in [0.1, 0.15) is 5.82 Å². The largest absolute Gasteiger partial charge is 0.366 e. The lowest BCUT2D eigenvalue weighted by Crippen LogP contribution is -2.34. The van der Waals surface area contributed by atoms with E-state index >= 15 is 0 Å². The van der Waals surface area contributed by atoms with Gasteiger partial charge in [-0.15, -0.1) is 0 Å². The van der Waals surface area contributed by atoms with Crippen LogP contribution in [-0.4, -0.2) is 31.6 Å². The van der Waals surface area contributed by atoms with E-state index in [2.05, 4.69) is 10.2 Å². The molecule has 2 fully saturated rings. The number of anilines is 1. The average Bonchev–Trinajstić information content (AvgIpc) is 2.91. The van der Waals surface area contributed by atoms with Crippen molar-refractivity contribution in [3.05, 3.63) is 29.6 Å². The Balaban J connectivity index is 1.90. The van der Waals surface area contributed by atoms with Crippen LogP contribution in [0.5, 0.6) is 0 Å². The number of carbonyl (C=O) groups is 1. The Bertz CT molecular complexity index is 491. The number of halogens is 1. The van der Waals surface area contributed by atoms with Crippen LogP contribution in [0.1, 0.15) is 16.8 Å². The molecule has 2 heterocycles. The summed E-state index contributed by atoms with van der Waals surface area (Å²) in [6.07, 6.45) is 1.09. The number of benzene rings is 1. The first-order valence-corrected chi connectivity index (χ1v) is 6.23. The molecule has 1 aromatic rings. The minimum atomic E-state index is -0.595. The highest BCUT2D eigenvalue weighted by molar-refractivity contribution is 5.93. The quantitative estimate of drug-likeness (QED) is 0.812. The first kappa shape index (κ1) is 11.5. The molecule has 0 bridgehead atoms. The number of nitrogens with two attached hydrogens (primary N) is 1. The van der Waals surface area contributed by atoms with Crippen molar-refractivity contribution < 1.29 is 9.18 Å². The van der Waals surface area contributed by atoms with Crippen LogP contribution in [0.25, 0.3) is 0 Å². The van der Waals surface area contributed by atoms with E-state index in [1.165, 1.54) is 6.07 Å². The highest BCUT2D eigenvalue weighted by Gasteiger charge is 2.38. The van der Waals surface area contributed by atoms with Gasteiger partial charge in [-0.05, 0) is 30.5 Å². The zero-order valence-corrected chi connectivity index (χ0v) is 10.0. The molecule has 1 aromatic carbocycles. The van der Waals surface area contributed by atoms with Crippen LogP contribution in [0.15, 0.2) is 18.2 Å². The van der Waals surface area contributed by atoms with Gasteiger partial charge in [0, 0.05) is 31.2 Å². The molecule has 0 spiro atoms. The highest BCUT2D eigenvalue weighted by atomic mass is 19.1. The summed E-state index contributed by atoms with van der Waals surface area (Å²) in [5.74, 6) is -0.346. The van der Waals surface area contributed by atoms with Crippen molar-refractivity contribution >= 4 is 11.6 Å². The molecule has 5 heteroatoms. The number of carbonyl (C=O) groups excluding carboxylic acids is 1. The maximum absolute atomic E-state index is 14.0. The minimum Gasteiger partial charge on any atom is -0.366 e. The summed E-state index contributed by atoms with van der Waals surface area (Å²) in [7, 11) is 0. The maximum Gasteiger partial charge on any atom is 0.248 e. The lowest BCUT2D eigenvalue weighted by molar-refractivity contribution is 0.1000. The van der Waals surface area contributed by atoms with Crippen molar-refractivity contribution in [3.8, 4) is 0 Å². The van der Waals surface area contributed by atoms with Crippen molar-refractivity contribution in [3.63, 3.8) is 0 Å². The van der Waals surface area contributed by atoms with Crippen LogP contribution in [0.4, 0.5) is 10.1 Å². The number of hydrogen-bond acceptors (Lipinski definition) is 3. The number of amides is 1. The molecule has 2 aliphatic heterocycles. The predicted molar refractivity (Wildman–Crippen MR) is 67.0 cm³/mol. The van der Waals surface area contributed by atoms with Gasteiger partial charge in [0.25, 0.3) is 0 Å². The van der Waals surface area contributed by atoms with Gasteiger partial charge >= 0.3 is 0 Å². The molecule has 0 saturated carbocycles. The first-order valence-electron chi connectivity index (χ1n) is 6.23. The van der Waals surface area contributed by atoms with Gasteiger partial charge in [-0.1, -0.05) is 0 Å². The first-order chi connectivity index (χ1) is 8.66. The Morgan fingerprint density at radius 2 is 2.28 bits per heavy atom. The summed E-state index contributed by atoms with van der Waals surface area (Å²) < 4.78 is 14.0. The zero-order chi connectivity index (χ0) is 12.7. The molecule has 96 valence electrons. The van der Waals surface area contributed by atoms with E-state index < -0.39 is 5.91 Å². The van der Waals surface area contributed by atoms with Gasteiger partial charge in [-0.25, -0.2) is 4.39 Å². The minimum absolute atomic E-state index is 0.219.